The van der Waals surface area contributed by atoms with Crippen molar-refractivity contribution in [3.05, 3.63) is 29.8 Å². The number of carbonyl (C=O) groups excluding carboxylic acids is 1. The fourth-order valence-corrected chi connectivity index (χ4v) is 2.77. The Balaban J connectivity index is 2.64. The van der Waals surface area contributed by atoms with Gasteiger partial charge in [0, 0.05) is 12.1 Å². The number of rotatable bonds is 5. The molecule has 17 heavy (non-hydrogen) atoms. The van der Waals surface area contributed by atoms with Crippen LogP contribution in [0.3, 0.4) is 0 Å². The third-order valence-electron chi connectivity index (χ3n) is 2.83. The molecule has 1 aromatic carbocycles. The number of amides is 1. The first-order valence-corrected chi connectivity index (χ1v) is 9.84. The van der Waals surface area contributed by atoms with Gasteiger partial charge in [0.25, 0.3) is 5.91 Å². The van der Waals surface area contributed by atoms with Gasteiger partial charge in [-0.2, -0.15) is 0 Å². The zero-order chi connectivity index (χ0) is 12.9. The Morgan fingerprint density at radius 2 is 1.76 bits per heavy atom. The molecule has 0 aliphatic carbocycles. The molecule has 0 fully saturated rings. The summed E-state index contributed by atoms with van der Waals surface area (Å²) in [6, 6.07) is 8.08. The van der Waals surface area contributed by atoms with Crippen molar-refractivity contribution < 1.29 is 4.79 Å². The molecule has 94 valence electrons. The van der Waals surface area contributed by atoms with Crippen molar-refractivity contribution >= 4 is 19.2 Å². The molecule has 0 radical (unpaired) electrons. The molecule has 0 bridgehead atoms. The second kappa shape index (κ2) is 6.01. The number of hydrogen-bond acceptors (Lipinski definition) is 1. The molecular formula is C14H23NOSi. The minimum absolute atomic E-state index is 0.0422. The van der Waals surface area contributed by atoms with Gasteiger partial charge in [-0.3, -0.25) is 4.79 Å². The van der Waals surface area contributed by atoms with E-state index in [1.807, 2.05) is 12.1 Å². The van der Waals surface area contributed by atoms with Crippen LogP contribution >= 0.6 is 0 Å². The third-order valence-corrected chi connectivity index (χ3v) is 4.89. The average Bonchev–Trinajstić information content (AvgIpc) is 2.28. The van der Waals surface area contributed by atoms with E-state index in [4.69, 9.17) is 0 Å². The third kappa shape index (κ3) is 4.34. The summed E-state index contributed by atoms with van der Waals surface area (Å²) in [5.41, 5.74) is 0.767. The lowest BCUT2D eigenvalue weighted by Crippen LogP contribution is -2.37. The molecule has 0 unspecified atom stereocenters. The van der Waals surface area contributed by atoms with Crippen molar-refractivity contribution in [3.8, 4) is 0 Å². The highest BCUT2D eigenvalue weighted by Crippen LogP contribution is 2.04. The maximum atomic E-state index is 11.8. The maximum absolute atomic E-state index is 11.8. The quantitative estimate of drug-likeness (QED) is 0.631. The predicted octanol–water partition coefficient (Wildman–Crippen LogP) is 2.76. The van der Waals surface area contributed by atoms with Gasteiger partial charge < -0.3 is 5.32 Å². The molecule has 1 aromatic rings. The molecular weight excluding hydrogens is 226 g/mol. The summed E-state index contributed by atoms with van der Waals surface area (Å²) in [6.45, 7) is 9.82. The van der Waals surface area contributed by atoms with Crippen LogP contribution in [0.2, 0.25) is 19.6 Å². The van der Waals surface area contributed by atoms with Gasteiger partial charge in [0.15, 0.2) is 0 Å². The zero-order valence-electron chi connectivity index (χ0n) is 11.3. The van der Waals surface area contributed by atoms with Crippen molar-refractivity contribution in [1.82, 2.24) is 5.32 Å². The van der Waals surface area contributed by atoms with Crippen LogP contribution in [0.15, 0.2) is 24.3 Å². The van der Waals surface area contributed by atoms with Gasteiger partial charge in [-0.15, -0.1) is 0 Å². The van der Waals surface area contributed by atoms with E-state index in [0.717, 1.165) is 24.9 Å². The molecule has 1 rings (SSSR count). The molecule has 3 heteroatoms. The smallest absolute Gasteiger partial charge is 0.251 e. The minimum Gasteiger partial charge on any atom is -0.352 e. The summed E-state index contributed by atoms with van der Waals surface area (Å²) in [4.78, 5) is 11.8. The molecule has 0 saturated carbocycles. The standard InChI is InChI=1S/C14H23NOSi/c1-5-6-11-15-14(16)12-7-9-13(10-8-12)17(2,3)4/h7-10H,5-6,11H2,1-4H3,(H,15,16). The second-order valence-electron chi connectivity index (χ2n) is 5.44. The van der Waals surface area contributed by atoms with Gasteiger partial charge in [-0.1, -0.05) is 50.3 Å². The summed E-state index contributed by atoms with van der Waals surface area (Å²) in [7, 11) is -1.25. The zero-order valence-corrected chi connectivity index (χ0v) is 12.3. The molecule has 0 saturated heterocycles. The average molecular weight is 249 g/mol. The highest BCUT2D eigenvalue weighted by atomic mass is 28.3. The summed E-state index contributed by atoms with van der Waals surface area (Å²) >= 11 is 0. The number of carbonyl (C=O) groups is 1. The first kappa shape index (κ1) is 14.0. The summed E-state index contributed by atoms with van der Waals surface area (Å²) in [6.07, 6.45) is 2.15. The van der Waals surface area contributed by atoms with Crippen LogP contribution in [0.25, 0.3) is 0 Å². The van der Waals surface area contributed by atoms with Crippen LogP contribution in [0.5, 0.6) is 0 Å². The van der Waals surface area contributed by atoms with Crippen molar-refractivity contribution in [3.63, 3.8) is 0 Å². The van der Waals surface area contributed by atoms with E-state index in [0.29, 0.717) is 0 Å². The monoisotopic (exact) mass is 249 g/mol. The Hall–Kier alpha value is -1.09. The van der Waals surface area contributed by atoms with Gasteiger partial charge in [0.2, 0.25) is 0 Å². The molecule has 0 aliphatic heterocycles. The molecule has 0 aliphatic rings. The minimum atomic E-state index is -1.25. The van der Waals surface area contributed by atoms with E-state index >= 15 is 0 Å². The molecule has 1 N–H and O–H groups in total. The van der Waals surface area contributed by atoms with E-state index < -0.39 is 8.07 Å². The van der Waals surface area contributed by atoms with E-state index in [2.05, 4.69) is 44.0 Å². The maximum Gasteiger partial charge on any atom is 0.251 e. The Morgan fingerprint density at radius 1 is 1.18 bits per heavy atom. The van der Waals surface area contributed by atoms with E-state index in [9.17, 15) is 4.79 Å². The van der Waals surface area contributed by atoms with Crippen molar-refractivity contribution in [2.45, 2.75) is 39.4 Å². The lowest BCUT2D eigenvalue weighted by Gasteiger charge is -2.16. The largest absolute Gasteiger partial charge is 0.352 e. The Bertz CT molecular complexity index is 365. The van der Waals surface area contributed by atoms with Gasteiger partial charge in [0.1, 0.15) is 0 Å². The fraction of sp³-hybridized carbons (Fsp3) is 0.500. The molecule has 0 heterocycles. The summed E-state index contributed by atoms with van der Waals surface area (Å²) < 4.78 is 0. The molecule has 0 aromatic heterocycles. The highest BCUT2D eigenvalue weighted by molar-refractivity contribution is 6.88. The van der Waals surface area contributed by atoms with Crippen LogP contribution in [0, 0.1) is 0 Å². The first-order valence-electron chi connectivity index (χ1n) is 6.34. The van der Waals surface area contributed by atoms with Crippen LogP contribution in [0.4, 0.5) is 0 Å². The van der Waals surface area contributed by atoms with Gasteiger partial charge in [0.05, 0.1) is 8.07 Å². The molecule has 2 nitrogen and oxygen atoms in total. The highest BCUT2D eigenvalue weighted by Gasteiger charge is 2.16. The van der Waals surface area contributed by atoms with E-state index in [-0.39, 0.29) is 5.91 Å². The van der Waals surface area contributed by atoms with Gasteiger partial charge in [-0.05, 0) is 18.6 Å². The van der Waals surface area contributed by atoms with E-state index in [1.54, 1.807) is 0 Å². The SMILES string of the molecule is CCCCNC(=O)c1ccc([Si](C)(C)C)cc1. The lowest BCUT2D eigenvalue weighted by atomic mass is 10.2. The van der Waals surface area contributed by atoms with Gasteiger partial charge in [-0.25, -0.2) is 0 Å². The van der Waals surface area contributed by atoms with Crippen LogP contribution in [-0.4, -0.2) is 20.5 Å². The number of benzene rings is 1. The summed E-state index contributed by atoms with van der Waals surface area (Å²) in [5.74, 6) is 0.0422. The summed E-state index contributed by atoms with van der Waals surface area (Å²) in [5, 5.41) is 4.32. The Kier molecular flexibility index (Phi) is 4.94. The first-order chi connectivity index (χ1) is 7.95. The fourth-order valence-electron chi connectivity index (χ4n) is 1.60. The normalized spacial score (nSPS) is 11.3. The number of unbranched alkanes of at least 4 members (excludes halogenated alkanes) is 1. The van der Waals surface area contributed by atoms with Crippen LogP contribution in [0.1, 0.15) is 30.1 Å². The Morgan fingerprint density at radius 3 is 2.24 bits per heavy atom. The predicted molar refractivity (Wildman–Crippen MR) is 76.7 cm³/mol. The van der Waals surface area contributed by atoms with Crippen molar-refractivity contribution in [2.24, 2.45) is 0 Å². The molecule has 1 amide bonds. The molecule has 0 spiro atoms. The van der Waals surface area contributed by atoms with Crippen LogP contribution < -0.4 is 10.5 Å². The van der Waals surface area contributed by atoms with Crippen molar-refractivity contribution in [2.75, 3.05) is 6.54 Å². The van der Waals surface area contributed by atoms with Gasteiger partial charge >= 0.3 is 0 Å². The Labute approximate surface area is 105 Å². The number of nitrogens with one attached hydrogen (secondary N) is 1. The van der Waals surface area contributed by atoms with Crippen LogP contribution in [-0.2, 0) is 0 Å². The topological polar surface area (TPSA) is 29.1 Å². The number of hydrogen-bond donors (Lipinski definition) is 1. The van der Waals surface area contributed by atoms with E-state index in [1.165, 1.54) is 5.19 Å². The molecule has 0 atom stereocenters. The second-order valence-corrected chi connectivity index (χ2v) is 10.5. The van der Waals surface area contributed by atoms with Crippen molar-refractivity contribution in [1.29, 1.82) is 0 Å². The lowest BCUT2D eigenvalue weighted by molar-refractivity contribution is 0.0953.